The van der Waals surface area contributed by atoms with Gasteiger partial charge in [-0.05, 0) is 89.1 Å². The highest BCUT2D eigenvalue weighted by atomic mass is 35.5. The Morgan fingerprint density at radius 1 is 0.850 bits per heavy atom. The minimum atomic E-state index is -0.451. The van der Waals surface area contributed by atoms with E-state index < -0.39 is 5.60 Å². The zero-order chi connectivity index (χ0) is 26.7. The smallest absolute Gasteiger partial charge is 0.410 e. The lowest BCUT2D eigenvalue weighted by Crippen LogP contribution is -2.42. The standard InChI is InChI=1S/C18H23NO4.C13H15NO2.ClH/c1-18(2,3)23-17(20)19-9-8-12-11-5-7-15-16(22-10-21-15)13(11)4-6-14(12)19;1-3-11-9(5-6-14-11)8-2-4-12-13(10(1)8)16-7-15-12;/h5,7,12,14H,4,6,8-10H2,1-3H3;2,4,9,11,14H,1,3,5-7H2;1H/t12-,14-;9-,11-;/m00./s1. The van der Waals surface area contributed by atoms with Crippen LogP contribution in [-0.2, 0) is 17.6 Å². The highest BCUT2D eigenvalue weighted by Gasteiger charge is 2.44. The van der Waals surface area contributed by atoms with Crippen molar-refractivity contribution in [2.24, 2.45) is 0 Å². The number of amides is 1. The molecule has 4 heterocycles. The average molecular weight is 571 g/mol. The third kappa shape index (κ3) is 4.73. The van der Waals surface area contributed by atoms with E-state index in [2.05, 4.69) is 23.5 Å². The summed E-state index contributed by atoms with van der Waals surface area (Å²) in [6.07, 6.45) is 6.29. The summed E-state index contributed by atoms with van der Waals surface area (Å²) in [6, 6.07) is 9.39. The summed E-state index contributed by atoms with van der Waals surface area (Å²) in [7, 11) is 0. The number of hydrogen-bond acceptors (Lipinski definition) is 7. The zero-order valence-corrected chi connectivity index (χ0v) is 24.3. The third-order valence-corrected chi connectivity index (χ3v) is 9.07. The molecule has 0 spiro atoms. The molecule has 9 heteroatoms. The van der Waals surface area contributed by atoms with Gasteiger partial charge < -0.3 is 33.9 Å². The highest BCUT2D eigenvalue weighted by molar-refractivity contribution is 5.85. The molecule has 2 fully saturated rings. The Kier molecular flexibility index (Phi) is 7.20. The van der Waals surface area contributed by atoms with E-state index in [4.69, 9.17) is 23.7 Å². The summed E-state index contributed by atoms with van der Waals surface area (Å²) in [4.78, 5) is 14.4. The van der Waals surface area contributed by atoms with Crippen LogP contribution in [0.15, 0.2) is 24.3 Å². The van der Waals surface area contributed by atoms with E-state index in [0.29, 0.717) is 31.5 Å². The summed E-state index contributed by atoms with van der Waals surface area (Å²) in [5.41, 5.74) is 5.03. The molecule has 2 aromatic rings. The van der Waals surface area contributed by atoms with E-state index >= 15 is 0 Å². The van der Waals surface area contributed by atoms with Gasteiger partial charge in [0.05, 0.1) is 0 Å². The molecule has 216 valence electrons. The molecule has 1 amide bonds. The van der Waals surface area contributed by atoms with E-state index in [9.17, 15) is 4.79 Å². The van der Waals surface area contributed by atoms with E-state index in [-0.39, 0.29) is 24.5 Å². The molecular weight excluding hydrogens is 532 g/mol. The third-order valence-electron chi connectivity index (χ3n) is 9.07. The molecule has 2 aromatic carbocycles. The Labute approximate surface area is 242 Å². The number of ether oxygens (including phenoxy) is 5. The largest absolute Gasteiger partial charge is 0.454 e. The van der Waals surface area contributed by atoms with Crippen LogP contribution in [-0.4, -0.2) is 55.4 Å². The first-order chi connectivity index (χ1) is 18.9. The van der Waals surface area contributed by atoms with Gasteiger partial charge >= 0.3 is 6.09 Å². The molecule has 8 rings (SSSR count). The Bertz CT molecular complexity index is 1290. The minimum absolute atomic E-state index is 0. The molecule has 6 aliphatic rings. The fourth-order valence-corrected chi connectivity index (χ4v) is 7.46. The van der Waals surface area contributed by atoms with Gasteiger partial charge in [-0.15, -0.1) is 12.4 Å². The van der Waals surface area contributed by atoms with Crippen molar-refractivity contribution >= 4 is 18.5 Å². The lowest BCUT2D eigenvalue weighted by molar-refractivity contribution is 0.0209. The quantitative estimate of drug-likeness (QED) is 0.436. The maximum Gasteiger partial charge on any atom is 0.410 e. The second-order valence-electron chi connectivity index (χ2n) is 12.4. The van der Waals surface area contributed by atoms with Crippen molar-refractivity contribution in [3.05, 3.63) is 46.5 Å². The molecule has 40 heavy (non-hydrogen) atoms. The van der Waals surface area contributed by atoms with Gasteiger partial charge in [-0.25, -0.2) is 4.79 Å². The molecule has 2 saturated heterocycles. The molecule has 1 N–H and O–H groups in total. The lowest BCUT2D eigenvalue weighted by Gasteiger charge is -2.34. The number of hydrogen-bond donors (Lipinski definition) is 1. The molecule has 0 bridgehead atoms. The number of likely N-dealkylation sites (tertiary alicyclic amines) is 1. The van der Waals surface area contributed by atoms with Crippen LogP contribution in [0.4, 0.5) is 4.79 Å². The number of carbonyl (C=O) groups excluding carboxylic acids is 1. The van der Waals surface area contributed by atoms with Crippen LogP contribution < -0.4 is 24.3 Å². The van der Waals surface area contributed by atoms with Crippen molar-refractivity contribution in [3.8, 4) is 23.0 Å². The molecule has 4 aliphatic heterocycles. The summed E-state index contributed by atoms with van der Waals surface area (Å²) >= 11 is 0. The van der Waals surface area contributed by atoms with Crippen LogP contribution in [0.2, 0.25) is 0 Å². The SMILES string of the molecule is CC(C)(C)OC(=O)N1CC[C@H]2c3ccc4c(c3CC[C@@H]21)OCO4.Cl.c1cc2c(c3c1OCO3)CC[C@@H]1NCC[C@@H]21. The Hall–Kier alpha value is -2.84. The number of fused-ring (bicyclic) bond motifs is 10. The number of halogens is 1. The van der Waals surface area contributed by atoms with Crippen LogP contribution >= 0.6 is 12.4 Å². The van der Waals surface area contributed by atoms with Crippen molar-refractivity contribution < 1.29 is 28.5 Å². The molecule has 0 radical (unpaired) electrons. The van der Waals surface area contributed by atoms with Crippen LogP contribution in [0.1, 0.15) is 80.5 Å². The Balaban J connectivity index is 0.000000149. The van der Waals surface area contributed by atoms with Crippen LogP contribution in [0.25, 0.3) is 0 Å². The topological polar surface area (TPSA) is 78.5 Å². The van der Waals surface area contributed by atoms with Crippen LogP contribution in [0.3, 0.4) is 0 Å². The summed E-state index contributed by atoms with van der Waals surface area (Å²) < 4.78 is 27.8. The monoisotopic (exact) mass is 570 g/mol. The van der Waals surface area contributed by atoms with Crippen molar-refractivity contribution in [1.82, 2.24) is 10.2 Å². The normalized spacial score (nSPS) is 26.4. The first-order valence-electron chi connectivity index (χ1n) is 14.4. The Morgan fingerprint density at radius 3 is 2.12 bits per heavy atom. The van der Waals surface area contributed by atoms with Gasteiger partial charge in [0.25, 0.3) is 0 Å². The second-order valence-corrected chi connectivity index (χ2v) is 12.4. The summed E-state index contributed by atoms with van der Waals surface area (Å²) in [5, 5.41) is 3.60. The van der Waals surface area contributed by atoms with Crippen molar-refractivity contribution in [2.45, 2.75) is 88.8 Å². The lowest BCUT2D eigenvalue weighted by atomic mass is 9.79. The van der Waals surface area contributed by atoms with Gasteiger partial charge in [0.1, 0.15) is 5.60 Å². The molecule has 8 nitrogen and oxygen atoms in total. The molecule has 0 saturated carbocycles. The zero-order valence-electron chi connectivity index (χ0n) is 23.5. The molecule has 2 aliphatic carbocycles. The highest BCUT2D eigenvalue weighted by Crippen LogP contribution is 2.49. The maximum atomic E-state index is 12.5. The fraction of sp³-hybridized carbons (Fsp3) is 0.581. The maximum absolute atomic E-state index is 12.5. The molecule has 4 atom stereocenters. The number of nitrogens with one attached hydrogen (secondary N) is 1. The fourth-order valence-electron chi connectivity index (χ4n) is 7.46. The van der Waals surface area contributed by atoms with Gasteiger partial charge in [0.15, 0.2) is 23.0 Å². The summed E-state index contributed by atoms with van der Waals surface area (Å²) in [5.74, 6) is 4.78. The molecular formula is C31H39ClN2O6. The predicted octanol–water partition coefficient (Wildman–Crippen LogP) is 5.68. The van der Waals surface area contributed by atoms with Crippen molar-refractivity contribution in [2.75, 3.05) is 26.7 Å². The van der Waals surface area contributed by atoms with Crippen molar-refractivity contribution in [3.63, 3.8) is 0 Å². The number of nitrogens with zero attached hydrogens (tertiary/aromatic N) is 1. The molecule has 0 aromatic heterocycles. The van der Waals surface area contributed by atoms with Crippen LogP contribution in [0, 0.1) is 0 Å². The first-order valence-corrected chi connectivity index (χ1v) is 14.4. The van der Waals surface area contributed by atoms with Gasteiger partial charge in [0, 0.05) is 41.6 Å². The number of rotatable bonds is 0. The van der Waals surface area contributed by atoms with Gasteiger partial charge in [0.2, 0.25) is 13.6 Å². The Morgan fingerprint density at radius 2 is 1.48 bits per heavy atom. The minimum Gasteiger partial charge on any atom is -0.454 e. The van der Waals surface area contributed by atoms with E-state index in [1.165, 1.54) is 35.1 Å². The van der Waals surface area contributed by atoms with Gasteiger partial charge in [-0.2, -0.15) is 0 Å². The van der Waals surface area contributed by atoms with Crippen molar-refractivity contribution in [1.29, 1.82) is 0 Å². The van der Waals surface area contributed by atoms with E-state index in [1.54, 1.807) is 0 Å². The molecule has 0 unspecified atom stereocenters. The van der Waals surface area contributed by atoms with E-state index in [1.807, 2.05) is 31.7 Å². The van der Waals surface area contributed by atoms with Gasteiger partial charge in [-0.3, -0.25) is 0 Å². The number of benzene rings is 2. The second kappa shape index (κ2) is 10.5. The average Bonchev–Trinajstić information content (AvgIpc) is 3.71. The number of carbonyl (C=O) groups is 1. The van der Waals surface area contributed by atoms with Gasteiger partial charge in [-0.1, -0.05) is 12.1 Å². The summed E-state index contributed by atoms with van der Waals surface area (Å²) in [6.45, 7) is 8.35. The van der Waals surface area contributed by atoms with Crippen LogP contribution in [0.5, 0.6) is 23.0 Å². The predicted molar refractivity (Wildman–Crippen MR) is 152 cm³/mol. The first kappa shape index (κ1) is 27.3. The van der Waals surface area contributed by atoms with E-state index in [0.717, 1.165) is 61.8 Å².